The fourth-order valence-electron chi connectivity index (χ4n) is 2.53. The molecule has 1 aromatic rings. The molecule has 6 heteroatoms. The van der Waals surface area contributed by atoms with Gasteiger partial charge in [0.25, 0.3) is 0 Å². The Bertz CT molecular complexity index is 583. The molecule has 0 bridgehead atoms. The van der Waals surface area contributed by atoms with Crippen LogP contribution in [0.2, 0.25) is 0 Å². The van der Waals surface area contributed by atoms with Crippen molar-refractivity contribution in [1.82, 2.24) is 0 Å². The Morgan fingerprint density at radius 2 is 2.05 bits per heavy atom. The zero-order valence-electron chi connectivity index (χ0n) is 10.9. The summed E-state index contributed by atoms with van der Waals surface area (Å²) in [7, 11) is -3.53. The Labute approximate surface area is 113 Å². The standard InChI is InChI=1S/C13H18N2O3S/c1-2-11-5-3-4-6-12(11)15-8-10(7-13(15)16)9-19(14,17)18/h3-6,10H,2,7-9H2,1H3,(H2,14,17,18). The largest absolute Gasteiger partial charge is 0.312 e. The number of hydrogen-bond donors (Lipinski definition) is 1. The number of amides is 1. The van der Waals surface area contributed by atoms with Gasteiger partial charge in [0.2, 0.25) is 15.9 Å². The van der Waals surface area contributed by atoms with Crippen molar-refractivity contribution in [2.45, 2.75) is 19.8 Å². The summed E-state index contributed by atoms with van der Waals surface area (Å²) in [4.78, 5) is 13.7. The maximum Gasteiger partial charge on any atom is 0.227 e. The van der Waals surface area contributed by atoms with Crippen molar-refractivity contribution < 1.29 is 13.2 Å². The second-order valence-electron chi connectivity index (χ2n) is 4.89. The van der Waals surface area contributed by atoms with Crippen LogP contribution < -0.4 is 10.0 Å². The SMILES string of the molecule is CCc1ccccc1N1CC(CS(N)(=O)=O)CC1=O. The zero-order valence-corrected chi connectivity index (χ0v) is 11.7. The van der Waals surface area contributed by atoms with Gasteiger partial charge in [0.05, 0.1) is 5.75 Å². The quantitative estimate of drug-likeness (QED) is 0.890. The second-order valence-corrected chi connectivity index (χ2v) is 6.55. The molecule has 0 aliphatic carbocycles. The van der Waals surface area contributed by atoms with Crippen LogP contribution in [-0.4, -0.2) is 26.6 Å². The van der Waals surface area contributed by atoms with Crippen LogP contribution in [0.1, 0.15) is 18.9 Å². The van der Waals surface area contributed by atoms with E-state index in [1.54, 1.807) is 4.90 Å². The van der Waals surface area contributed by atoms with Crippen LogP contribution in [0.5, 0.6) is 0 Å². The molecule has 1 aliphatic heterocycles. The smallest absolute Gasteiger partial charge is 0.227 e. The fourth-order valence-corrected chi connectivity index (χ4v) is 3.41. The first-order valence-electron chi connectivity index (χ1n) is 6.29. The van der Waals surface area contributed by atoms with Gasteiger partial charge in [-0.15, -0.1) is 0 Å². The number of nitrogens with zero attached hydrogens (tertiary/aromatic N) is 1. The van der Waals surface area contributed by atoms with Crippen molar-refractivity contribution in [3.8, 4) is 0 Å². The van der Waals surface area contributed by atoms with Crippen LogP contribution in [-0.2, 0) is 21.2 Å². The highest BCUT2D eigenvalue weighted by Crippen LogP contribution is 2.28. The summed E-state index contributed by atoms with van der Waals surface area (Å²) in [5.41, 5.74) is 1.97. The van der Waals surface area contributed by atoms with Crippen LogP contribution in [0.25, 0.3) is 0 Å². The van der Waals surface area contributed by atoms with E-state index in [1.807, 2.05) is 31.2 Å². The number of nitrogens with two attached hydrogens (primary N) is 1. The van der Waals surface area contributed by atoms with Gasteiger partial charge in [-0.1, -0.05) is 25.1 Å². The lowest BCUT2D eigenvalue weighted by molar-refractivity contribution is -0.117. The summed E-state index contributed by atoms with van der Waals surface area (Å²) in [6.07, 6.45) is 1.08. The molecule has 2 N–H and O–H groups in total. The van der Waals surface area contributed by atoms with Gasteiger partial charge in [0, 0.05) is 24.6 Å². The first-order valence-corrected chi connectivity index (χ1v) is 8.01. The maximum atomic E-state index is 12.0. The van der Waals surface area contributed by atoms with Gasteiger partial charge in [0.15, 0.2) is 0 Å². The molecule has 5 nitrogen and oxygen atoms in total. The van der Waals surface area contributed by atoms with E-state index in [1.165, 1.54) is 0 Å². The van der Waals surface area contributed by atoms with E-state index in [4.69, 9.17) is 5.14 Å². The van der Waals surface area contributed by atoms with Crippen molar-refractivity contribution in [2.75, 3.05) is 17.2 Å². The number of primary sulfonamides is 1. The molecule has 0 spiro atoms. The molecule has 0 radical (unpaired) electrons. The summed E-state index contributed by atoms with van der Waals surface area (Å²) in [6.45, 7) is 2.45. The lowest BCUT2D eigenvalue weighted by Gasteiger charge is -2.19. The third-order valence-electron chi connectivity index (χ3n) is 3.34. The number of rotatable bonds is 4. The molecule has 1 atom stereocenters. The van der Waals surface area contributed by atoms with Gasteiger partial charge < -0.3 is 4.90 Å². The van der Waals surface area contributed by atoms with Gasteiger partial charge in [-0.25, -0.2) is 13.6 Å². The number of carbonyl (C=O) groups is 1. The molecule has 1 amide bonds. The molecule has 104 valence electrons. The molecule has 0 saturated carbocycles. The lowest BCUT2D eigenvalue weighted by atomic mass is 10.1. The van der Waals surface area contributed by atoms with Crippen LogP contribution in [0.4, 0.5) is 5.69 Å². The van der Waals surface area contributed by atoms with Crippen LogP contribution >= 0.6 is 0 Å². The Hall–Kier alpha value is -1.40. The number of sulfonamides is 1. The number of benzene rings is 1. The number of anilines is 1. The molecule has 1 unspecified atom stereocenters. The number of aryl methyl sites for hydroxylation is 1. The van der Waals surface area contributed by atoms with Crippen LogP contribution in [0.3, 0.4) is 0 Å². The predicted octanol–water partition coefficient (Wildman–Crippen LogP) is 0.890. The minimum Gasteiger partial charge on any atom is -0.312 e. The minimum atomic E-state index is -3.53. The third-order valence-corrected chi connectivity index (χ3v) is 4.27. The maximum absolute atomic E-state index is 12.0. The fraction of sp³-hybridized carbons (Fsp3) is 0.462. The Morgan fingerprint density at radius 1 is 1.37 bits per heavy atom. The first kappa shape index (κ1) is 14.0. The summed E-state index contributed by atoms with van der Waals surface area (Å²) in [5, 5.41) is 5.04. The topological polar surface area (TPSA) is 80.5 Å². The molecule has 1 aromatic carbocycles. The molecular formula is C13H18N2O3S. The molecule has 1 fully saturated rings. The van der Waals surface area contributed by atoms with Crippen molar-refractivity contribution in [3.63, 3.8) is 0 Å². The molecule has 2 rings (SSSR count). The van der Waals surface area contributed by atoms with Gasteiger partial charge >= 0.3 is 0 Å². The van der Waals surface area contributed by atoms with Gasteiger partial charge in [-0.2, -0.15) is 0 Å². The highest BCUT2D eigenvalue weighted by atomic mass is 32.2. The van der Waals surface area contributed by atoms with Gasteiger partial charge in [0.1, 0.15) is 0 Å². The normalized spacial score (nSPS) is 20.0. The van der Waals surface area contributed by atoms with E-state index in [-0.39, 0.29) is 24.0 Å². The summed E-state index contributed by atoms with van der Waals surface area (Å²) in [5.74, 6) is -0.384. The average Bonchev–Trinajstić information content (AvgIpc) is 2.67. The Morgan fingerprint density at radius 3 is 2.68 bits per heavy atom. The summed E-state index contributed by atoms with van der Waals surface area (Å²) < 4.78 is 22.2. The van der Waals surface area contributed by atoms with Crippen molar-refractivity contribution in [2.24, 2.45) is 11.1 Å². The zero-order chi connectivity index (χ0) is 14.0. The van der Waals surface area contributed by atoms with Crippen LogP contribution in [0, 0.1) is 5.92 Å². The van der Waals surface area contributed by atoms with Gasteiger partial charge in [-0.3, -0.25) is 4.79 Å². The lowest BCUT2D eigenvalue weighted by Crippen LogP contribution is -2.28. The number of hydrogen-bond acceptors (Lipinski definition) is 3. The third kappa shape index (κ3) is 3.33. The Kier molecular flexibility index (Phi) is 3.91. The number of carbonyl (C=O) groups excluding carboxylic acids is 1. The van der Waals surface area contributed by atoms with E-state index in [0.717, 1.165) is 17.7 Å². The number of para-hydroxylation sites is 1. The highest BCUT2D eigenvalue weighted by molar-refractivity contribution is 7.89. The minimum absolute atomic E-state index is 0.0328. The van der Waals surface area contributed by atoms with E-state index in [9.17, 15) is 13.2 Å². The van der Waals surface area contributed by atoms with E-state index in [2.05, 4.69) is 0 Å². The predicted molar refractivity (Wildman–Crippen MR) is 74.3 cm³/mol. The molecule has 1 aliphatic rings. The van der Waals surface area contributed by atoms with Crippen molar-refractivity contribution in [1.29, 1.82) is 0 Å². The molecule has 1 heterocycles. The monoisotopic (exact) mass is 282 g/mol. The average molecular weight is 282 g/mol. The van der Waals surface area contributed by atoms with E-state index >= 15 is 0 Å². The van der Waals surface area contributed by atoms with Gasteiger partial charge in [-0.05, 0) is 18.1 Å². The van der Waals surface area contributed by atoms with Crippen molar-refractivity contribution >= 4 is 21.6 Å². The summed E-state index contributed by atoms with van der Waals surface area (Å²) in [6, 6.07) is 7.70. The second kappa shape index (κ2) is 5.30. The molecular weight excluding hydrogens is 264 g/mol. The summed E-state index contributed by atoms with van der Waals surface area (Å²) >= 11 is 0. The van der Waals surface area contributed by atoms with Crippen molar-refractivity contribution in [3.05, 3.63) is 29.8 Å². The van der Waals surface area contributed by atoms with E-state index in [0.29, 0.717) is 6.54 Å². The molecule has 0 aromatic heterocycles. The van der Waals surface area contributed by atoms with Crippen LogP contribution in [0.15, 0.2) is 24.3 Å². The van der Waals surface area contributed by atoms with E-state index < -0.39 is 10.0 Å². The molecule has 1 saturated heterocycles. The highest BCUT2D eigenvalue weighted by Gasteiger charge is 2.33. The Balaban J connectivity index is 2.20. The first-order chi connectivity index (χ1) is 8.90. The molecule has 19 heavy (non-hydrogen) atoms.